The molecule has 0 saturated heterocycles. The first kappa shape index (κ1) is 11.9. The van der Waals surface area contributed by atoms with Crippen LogP contribution in [0, 0.1) is 6.92 Å². The molecular formula is C12H18N2O. The number of nitrogens with zero attached hydrogens (tertiary/aromatic N) is 1. The van der Waals surface area contributed by atoms with Crippen molar-refractivity contribution >= 4 is 5.78 Å². The standard InChI is InChI=1S/C12H18N2O/c1-5-14-12(3,4)11(15)10-8-13-7-6-9(10)2/h6-8,14H,5H2,1-4H3. The van der Waals surface area contributed by atoms with E-state index in [-0.39, 0.29) is 5.78 Å². The monoisotopic (exact) mass is 206 g/mol. The van der Waals surface area contributed by atoms with Gasteiger partial charge in [0.15, 0.2) is 5.78 Å². The third-order valence-corrected chi connectivity index (χ3v) is 2.47. The highest BCUT2D eigenvalue weighted by Crippen LogP contribution is 2.15. The zero-order valence-corrected chi connectivity index (χ0v) is 9.79. The Kier molecular flexibility index (Phi) is 3.58. The Morgan fingerprint density at radius 1 is 1.53 bits per heavy atom. The van der Waals surface area contributed by atoms with Crippen LogP contribution in [0.25, 0.3) is 0 Å². The van der Waals surface area contributed by atoms with Crippen LogP contribution in [0.1, 0.15) is 36.7 Å². The zero-order valence-electron chi connectivity index (χ0n) is 9.79. The third kappa shape index (κ3) is 2.63. The fraction of sp³-hybridized carbons (Fsp3) is 0.500. The molecule has 0 radical (unpaired) electrons. The normalized spacial score (nSPS) is 11.5. The number of ketones is 1. The Hall–Kier alpha value is -1.22. The average molecular weight is 206 g/mol. The summed E-state index contributed by atoms with van der Waals surface area (Å²) in [7, 11) is 0. The number of aromatic nitrogens is 1. The first-order chi connectivity index (χ1) is 6.99. The molecule has 0 aromatic carbocycles. The number of carbonyl (C=O) groups excluding carboxylic acids is 1. The molecule has 0 aliphatic heterocycles. The van der Waals surface area contributed by atoms with Crippen LogP contribution in [0.3, 0.4) is 0 Å². The van der Waals surface area contributed by atoms with Crippen molar-refractivity contribution in [2.75, 3.05) is 6.54 Å². The van der Waals surface area contributed by atoms with Crippen molar-refractivity contribution in [3.05, 3.63) is 29.6 Å². The fourth-order valence-corrected chi connectivity index (χ4v) is 1.56. The third-order valence-electron chi connectivity index (χ3n) is 2.47. The summed E-state index contributed by atoms with van der Waals surface area (Å²) >= 11 is 0. The molecule has 0 fully saturated rings. The SMILES string of the molecule is CCNC(C)(C)C(=O)c1cnccc1C. The lowest BCUT2D eigenvalue weighted by Crippen LogP contribution is -2.46. The summed E-state index contributed by atoms with van der Waals surface area (Å²) in [6.07, 6.45) is 3.34. The number of likely N-dealkylation sites (N-methyl/N-ethyl adjacent to an activating group) is 1. The van der Waals surface area contributed by atoms with Crippen LogP contribution in [0.15, 0.2) is 18.5 Å². The Bertz CT molecular complexity index is 358. The minimum absolute atomic E-state index is 0.0925. The summed E-state index contributed by atoms with van der Waals surface area (Å²) in [6, 6.07) is 1.86. The van der Waals surface area contributed by atoms with E-state index in [0.717, 1.165) is 12.1 Å². The summed E-state index contributed by atoms with van der Waals surface area (Å²) < 4.78 is 0. The quantitative estimate of drug-likeness (QED) is 0.766. The van der Waals surface area contributed by atoms with Gasteiger partial charge in [0.05, 0.1) is 5.54 Å². The fourth-order valence-electron chi connectivity index (χ4n) is 1.56. The number of aryl methyl sites for hydroxylation is 1. The van der Waals surface area contributed by atoms with Crippen LogP contribution in [0.4, 0.5) is 0 Å². The van der Waals surface area contributed by atoms with Crippen molar-refractivity contribution in [1.82, 2.24) is 10.3 Å². The van der Waals surface area contributed by atoms with Crippen molar-refractivity contribution in [1.29, 1.82) is 0 Å². The molecule has 0 atom stereocenters. The van der Waals surface area contributed by atoms with Crippen molar-refractivity contribution in [2.24, 2.45) is 0 Å². The van der Waals surface area contributed by atoms with Gasteiger partial charge in [-0.1, -0.05) is 6.92 Å². The summed E-state index contributed by atoms with van der Waals surface area (Å²) in [6.45, 7) is 8.48. The predicted molar refractivity (Wildman–Crippen MR) is 61.1 cm³/mol. The van der Waals surface area contributed by atoms with Gasteiger partial charge in [-0.2, -0.15) is 0 Å². The summed E-state index contributed by atoms with van der Waals surface area (Å²) in [4.78, 5) is 16.2. The highest BCUT2D eigenvalue weighted by atomic mass is 16.1. The molecule has 1 heterocycles. The molecule has 1 aromatic rings. The molecule has 0 unspecified atom stereocenters. The highest BCUT2D eigenvalue weighted by Gasteiger charge is 2.28. The van der Waals surface area contributed by atoms with Gasteiger partial charge in [0.2, 0.25) is 0 Å². The molecule has 1 N–H and O–H groups in total. The Morgan fingerprint density at radius 2 is 2.20 bits per heavy atom. The zero-order chi connectivity index (χ0) is 11.5. The lowest BCUT2D eigenvalue weighted by molar-refractivity contribution is 0.0883. The maximum atomic E-state index is 12.2. The van der Waals surface area contributed by atoms with Crippen LogP contribution in [-0.2, 0) is 0 Å². The molecule has 0 aliphatic carbocycles. The van der Waals surface area contributed by atoms with Crippen LogP contribution in [0.2, 0.25) is 0 Å². The number of carbonyl (C=O) groups is 1. The van der Waals surface area contributed by atoms with Gasteiger partial charge in [-0.05, 0) is 38.9 Å². The van der Waals surface area contributed by atoms with Gasteiger partial charge in [0.1, 0.15) is 0 Å². The molecule has 3 heteroatoms. The van der Waals surface area contributed by atoms with E-state index in [2.05, 4.69) is 10.3 Å². The van der Waals surface area contributed by atoms with Gasteiger partial charge in [0.25, 0.3) is 0 Å². The van der Waals surface area contributed by atoms with Crippen molar-refractivity contribution in [3.63, 3.8) is 0 Å². The summed E-state index contributed by atoms with van der Waals surface area (Å²) in [5.41, 5.74) is 1.15. The number of nitrogens with one attached hydrogen (secondary N) is 1. The molecule has 0 amide bonds. The van der Waals surface area contributed by atoms with Gasteiger partial charge < -0.3 is 5.32 Å². The van der Waals surface area contributed by atoms with E-state index in [1.807, 2.05) is 33.8 Å². The maximum Gasteiger partial charge on any atom is 0.184 e. The van der Waals surface area contributed by atoms with E-state index >= 15 is 0 Å². The first-order valence-corrected chi connectivity index (χ1v) is 5.19. The van der Waals surface area contributed by atoms with Gasteiger partial charge in [-0.25, -0.2) is 0 Å². The number of hydrogen-bond donors (Lipinski definition) is 1. The van der Waals surface area contributed by atoms with Crippen LogP contribution < -0.4 is 5.32 Å². The molecule has 1 rings (SSSR count). The summed E-state index contributed by atoms with van der Waals surface area (Å²) in [5, 5.41) is 3.17. The van der Waals surface area contributed by atoms with Crippen LogP contribution in [-0.4, -0.2) is 22.9 Å². The predicted octanol–water partition coefficient (Wildman–Crippen LogP) is 1.96. The average Bonchev–Trinajstić information content (AvgIpc) is 2.17. The van der Waals surface area contributed by atoms with E-state index in [1.54, 1.807) is 12.4 Å². The second-order valence-corrected chi connectivity index (χ2v) is 4.18. The molecule has 3 nitrogen and oxygen atoms in total. The Morgan fingerprint density at radius 3 is 2.73 bits per heavy atom. The Labute approximate surface area is 90.9 Å². The molecule has 0 spiro atoms. The largest absolute Gasteiger partial charge is 0.305 e. The molecule has 0 saturated carbocycles. The lowest BCUT2D eigenvalue weighted by atomic mass is 9.92. The van der Waals surface area contributed by atoms with Gasteiger partial charge in [-0.15, -0.1) is 0 Å². The van der Waals surface area contributed by atoms with Crippen LogP contribution >= 0.6 is 0 Å². The molecule has 0 aliphatic rings. The van der Waals surface area contributed by atoms with Gasteiger partial charge in [0, 0.05) is 18.0 Å². The highest BCUT2D eigenvalue weighted by molar-refractivity contribution is 6.03. The summed E-state index contributed by atoms with van der Waals surface area (Å²) in [5.74, 6) is 0.0925. The van der Waals surface area contributed by atoms with Crippen molar-refractivity contribution in [2.45, 2.75) is 33.2 Å². The minimum Gasteiger partial charge on any atom is -0.305 e. The smallest absolute Gasteiger partial charge is 0.184 e. The molecular weight excluding hydrogens is 188 g/mol. The van der Waals surface area contributed by atoms with Crippen LogP contribution in [0.5, 0.6) is 0 Å². The number of hydrogen-bond acceptors (Lipinski definition) is 3. The molecule has 82 valence electrons. The molecule has 0 bridgehead atoms. The lowest BCUT2D eigenvalue weighted by Gasteiger charge is -2.24. The van der Waals surface area contributed by atoms with Crippen molar-refractivity contribution < 1.29 is 4.79 Å². The minimum atomic E-state index is -0.525. The van der Waals surface area contributed by atoms with E-state index < -0.39 is 5.54 Å². The van der Waals surface area contributed by atoms with E-state index in [1.165, 1.54) is 0 Å². The number of rotatable bonds is 4. The van der Waals surface area contributed by atoms with Gasteiger partial charge >= 0.3 is 0 Å². The molecule has 1 aromatic heterocycles. The second-order valence-electron chi connectivity index (χ2n) is 4.18. The van der Waals surface area contributed by atoms with E-state index in [0.29, 0.717) is 5.56 Å². The van der Waals surface area contributed by atoms with Crippen molar-refractivity contribution in [3.8, 4) is 0 Å². The number of Topliss-reactive ketones (excluding diaryl/α,β-unsaturated/α-hetero) is 1. The van der Waals surface area contributed by atoms with E-state index in [4.69, 9.17) is 0 Å². The first-order valence-electron chi connectivity index (χ1n) is 5.19. The molecule has 15 heavy (non-hydrogen) atoms. The second kappa shape index (κ2) is 4.53. The van der Waals surface area contributed by atoms with Gasteiger partial charge in [-0.3, -0.25) is 9.78 Å². The maximum absolute atomic E-state index is 12.2. The van der Waals surface area contributed by atoms with E-state index in [9.17, 15) is 4.79 Å². The topological polar surface area (TPSA) is 42.0 Å². The Balaban J connectivity index is 2.99. The number of pyridine rings is 1.